The molecule has 1 saturated heterocycles. The molecule has 2 heterocycles. The summed E-state index contributed by atoms with van der Waals surface area (Å²) in [6, 6.07) is 2.47. The second-order valence-electron chi connectivity index (χ2n) is 4.50. The van der Waals surface area contributed by atoms with Crippen molar-refractivity contribution in [1.82, 2.24) is 15.3 Å². The Balaban J connectivity index is 2.09. The fourth-order valence-corrected chi connectivity index (χ4v) is 2.29. The van der Waals surface area contributed by atoms with Crippen LogP contribution in [0.2, 0.25) is 0 Å². The molecule has 1 fully saturated rings. The molecule has 0 aromatic carbocycles. The number of likely N-dealkylation sites (N-methyl/N-ethyl adjacent to an activating group) is 1. The Morgan fingerprint density at radius 3 is 3.00 bits per heavy atom. The molecule has 5 nitrogen and oxygen atoms in total. The zero-order valence-electron chi connectivity index (χ0n) is 11.2. The molecule has 1 aliphatic heterocycles. The molecule has 1 N–H and O–H groups in total. The lowest BCUT2D eigenvalue weighted by Crippen LogP contribution is -2.37. The third-order valence-corrected chi connectivity index (χ3v) is 3.19. The van der Waals surface area contributed by atoms with Crippen molar-refractivity contribution in [2.45, 2.75) is 32.7 Å². The van der Waals surface area contributed by atoms with E-state index in [1.54, 1.807) is 6.33 Å². The largest absolute Gasteiger partial charge is 0.478 e. The van der Waals surface area contributed by atoms with Crippen LogP contribution in [-0.2, 0) is 0 Å². The van der Waals surface area contributed by atoms with E-state index in [-0.39, 0.29) is 0 Å². The molecule has 1 aromatic heterocycles. The Hall–Kier alpha value is -1.36. The van der Waals surface area contributed by atoms with Gasteiger partial charge in [0.05, 0.1) is 6.61 Å². The standard InChI is InChI=1S/C13H22N4O/c1-3-7-18-13-8-12(15-10-16-13)17(4-2)11-5-6-14-9-11/h8,10-11,14H,3-7,9H2,1-2H3. The summed E-state index contributed by atoms with van der Waals surface area (Å²) in [4.78, 5) is 10.8. The Morgan fingerprint density at radius 2 is 2.33 bits per heavy atom. The van der Waals surface area contributed by atoms with E-state index in [4.69, 9.17) is 4.74 Å². The van der Waals surface area contributed by atoms with Gasteiger partial charge >= 0.3 is 0 Å². The number of aromatic nitrogens is 2. The van der Waals surface area contributed by atoms with Gasteiger partial charge in [0.15, 0.2) is 0 Å². The van der Waals surface area contributed by atoms with E-state index >= 15 is 0 Å². The summed E-state index contributed by atoms with van der Waals surface area (Å²) >= 11 is 0. The Kier molecular flexibility index (Phi) is 4.75. The number of rotatable bonds is 6. The molecular weight excluding hydrogens is 228 g/mol. The minimum Gasteiger partial charge on any atom is -0.478 e. The first-order valence-corrected chi connectivity index (χ1v) is 6.77. The molecule has 0 bridgehead atoms. The van der Waals surface area contributed by atoms with Crippen LogP contribution >= 0.6 is 0 Å². The highest BCUT2D eigenvalue weighted by molar-refractivity contribution is 5.42. The molecule has 1 unspecified atom stereocenters. The molecule has 1 atom stereocenters. The van der Waals surface area contributed by atoms with Gasteiger partial charge in [0, 0.05) is 25.2 Å². The number of hydrogen-bond donors (Lipinski definition) is 1. The van der Waals surface area contributed by atoms with Crippen LogP contribution in [0.4, 0.5) is 5.82 Å². The van der Waals surface area contributed by atoms with Crippen molar-refractivity contribution in [3.8, 4) is 5.88 Å². The first-order valence-electron chi connectivity index (χ1n) is 6.77. The number of anilines is 1. The van der Waals surface area contributed by atoms with E-state index < -0.39 is 0 Å². The van der Waals surface area contributed by atoms with Gasteiger partial charge in [-0.3, -0.25) is 0 Å². The van der Waals surface area contributed by atoms with Crippen LogP contribution < -0.4 is 15.0 Å². The van der Waals surface area contributed by atoms with E-state index in [1.807, 2.05) is 6.07 Å². The predicted molar refractivity (Wildman–Crippen MR) is 72.1 cm³/mol. The molecule has 1 aliphatic rings. The summed E-state index contributed by atoms with van der Waals surface area (Å²) in [5.41, 5.74) is 0. The van der Waals surface area contributed by atoms with Gasteiger partial charge in [0.2, 0.25) is 5.88 Å². The van der Waals surface area contributed by atoms with E-state index in [2.05, 4.69) is 34.0 Å². The Bertz CT molecular complexity index is 366. The lowest BCUT2D eigenvalue weighted by atomic mass is 10.2. The molecule has 18 heavy (non-hydrogen) atoms. The van der Waals surface area contributed by atoms with E-state index in [1.165, 1.54) is 6.42 Å². The van der Waals surface area contributed by atoms with Crippen molar-refractivity contribution in [2.24, 2.45) is 0 Å². The summed E-state index contributed by atoms with van der Waals surface area (Å²) in [6.07, 6.45) is 3.75. The molecule has 0 spiro atoms. The van der Waals surface area contributed by atoms with Crippen molar-refractivity contribution in [2.75, 3.05) is 31.1 Å². The van der Waals surface area contributed by atoms with Gasteiger partial charge in [-0.2, -0.15) is 0 Å². The average Bonchev–Trinajstić information content (AvgIpc) is 2.92. The van der Waals surface area contributed by atoms with E-state index in [0.717, 1.165) is 31.9 Å². The highest BCUT2D eigenvalue weighted by Crippen LogP contribution is 2.20. The molecule has 2 rings (SSSR count). The summed E-state index contributed by atoms with van der Waals surface area (Å²) in [7, 11) is 0. The van der Waals surface area contributed by atoms with E-state index in [0.29, 0.717) is 18.5 Å². The van der Waals surface area contributed by atoms with Crippen LogP contribution in [0.25, 0.3) is 0 Å². The molecule has 5 heteroatoms. The monoisotopic (exact) mass is 250 g/mol. The third-order valence-electron chi connectivity index (χ3n) is 3.19. The highest BCUT2D eigenvalue weighted by Gasteiger charge is 2.22. The lowest BCUT2D eigenvalue weighted by Gasteiger charge is -2.28. The predicted octanol–water partition coefficient (Wildman–Crippen LogP) is 1.45. The number of nitrogens with zero attached hydrogens (tertiary/aromatic N) is 3. The van der Waals surface area contributed by atoms with Crippen LogP contribution in [-0.4, -0.2) is 42.3 Å². The normalized spacial score (nSPS) is 18.9. The summed E-state index contributed by atoms with van der Waals surface area (Å²) < 4.78 is 5.56. The van der Waals surface area contributed by atoms with Crippen molar-refractivity contribution < 1.29 is 4.74 Å². The van der Waals surface area contributed by atoms with Gasteiger partial charge in [0.1, 0.15) is 12.1 Å². The fraction of sp³-hybridized carbons (Fsp3) is 0.692. The van der Waals surface area contributed by atoms with Crippen LogP contribution in [0.5, 0.6) is 5.88 Å². The molecule has 0 aliphatic carbocycles. The Morgan fingerprint density at radius 1 is 1.44 bits per heavy atom. The van der Waals surface area contributed by atoms with Crippen LogP contribution in [0, 0.1) is 0 Å². The lowest BCUT2D eigenvalue weighted by molar-refractivity contribution is 0.304. The Labute approximate surface area is 109 Å². The minimum atomic E-state index is 0.531. The number of nitrogens with one attached hydrogen (secondary N) is 1. The second-order valence-corrected chi connectivity index (χ2v) is 4.50. The molecule has 100 valence electrons. The van der Waals surface area contributed by atoms with Gasteiger partial charge in [-0.05, 0) is 26.3 Å². The first-order chi connectivity index (χ1) is 8.85. The summed E-state index contributed by atoms with van der Waals surface area (Å²) in [6.45, 7) is 8.02. The number of ether oxygens (including phenoxy) is 1. The van der Waals surface area contributed by atoms with Crippen molar-refractivity contribution in [3.63, 3.8) is 0 Å². The topological polar surface area (TPSA) is 50.3 Å². The van der Waals surface area contributed by atoms with Gasteiger partial charge < -0.3 is 15.0 Å². The SMILES string of the molecule is CCCOc1cc(N(CC)C2CCNC2)ncn1. The average molecular weight is 250 g/mol. The van der Waals surface area contributed by atoms with Gasteiger partial charge in [0.25, 0.3) is 0 Å². The van der Waals surface area contributed by atoms with Crippen LogP contribution in [0.15, 0.2) is 12.4 Å². The molecule has 0 saturated carbocycles. The van der Waals surface area contributed by atoms with Gasteiger partial charge in [-0.25, -0.2) is 9.97 Å². The zero-order chi connectivity index (χ0) is 12.8. The molecule has 1 aromatic rings. The smallest absolute Gasteiger partial charge is 0.218 e. The molecular formula is C13H22N4O. The fourth-order valence-electron chi connectivity index (χ4n) is 2.29. The van der Waals surface area contributed by atoms with Crippen LogP contribution in [0.1, 0.15) is 26.7 Å². The maximum atomic E-state index is 5.56. The van der Waals surface area contributed by atoms with Gasteiger partial charge in [-0.1, -0.05) is 6.92 Å². The number of hydrogen-bond acceptors (Lipinski definition) is 5. The summed E-state index contributed by atoms with van der Waals surface area (Å²) in [5.74, 6) is 1.64. The highest BCUT2D eigenvalue weighted by atomic mass is 16.5. The van der Waals surface area contributed by atoms with Crippen molar-refractivity contribution >= 4 is 5.82 Å². The summed E-state index contributed by atoms with van der Waals surface area (Å²) in [5, 5.41) is 3.39. The quantitative estimate of drug-likeness (QED) is 0.828. The van der Waals surface area contributed by atoms with Gasteiger partial charge in [-0.15, -0.1) is 0 Å². The molecule has 0 amide bonds. The van der Waals surface area contributed by atoms with E-state index in [9.17, 15) is 0 Å². The maximum absolute atomic E-state index is 5.56. The third kappa shape index (κ3) is 3.10. The zero-order valence-corrected chi connectivity index (χ0v) is 11.2. The van der Waals surface area contributed by atoms with Crippen molar-refractivity contribution in [3.05, 3.63) is 12.4 Å². The maximum Gasteiger partial charge on any atom is 0.218 e. The van der Waals surface area contributed by atoms with Crippen LogP contribution in [0.3, 0.4) is 0 Å². The molecule has 0 radical (unpaired) electrons. The van der Waals surface area contributed by atoms with Crippen molar-refractivity contribution in [1.29, 1.82) is 0 Å². The second kappa shape index (κ2) is 6.54. The first kappa shape index (κ1) is 13.1. The minimum absolute atomic E-state index is 0.531.